The van der Waals surface area contributed by atoms with Crippen LogP contribution in [0.2, 0.25) is 0 Å². The van der Waals surface area contributed by atoms with Crippen molar-refractivity contribution in [2.24, 2.45) is 4.99 Å². The fourth-order valence-electron chi connectivity index (χ4n) is 1.96. The molecule has 1 N–H and O–H groups in total. The quantitative estimate of drug-likeness (QED) is 0.887. The van der Waals surface area contributed by atoms with Crippen molar-refractivity contribution in [2.45, 2.75) is 39.3 Å². The van der Waals surface area contributed by atoms with Gasteiger partial charge >= 0.3 is 0 Å². The molecule has 1 heterocycles. The summed E-state index contributed by atoms with van der Waals surface area (Å²) >= 11 is 1.84. The van der Waals surface area contributed by atoms with Crippen molar-refractivity contribution >= 4 is 16.9 Å². The maximum Gasteiger partial charge on any atom is 0.157 e. The second kappa shape index (κ2) is 6.10. The van der Waals surface area contributed by atoms with Crippen LogP contribution in [0.25, 0.3) is 0 Å². The summed E-state index contributed by atoms with van der Waals surface area (Å²) < 4.78 is 0. The molecule has 1 aromatic carbocycles. The zero-order valence-electron chi connectivity index (χ0n) is 10.6. The Morgan fingerprint density at radius 3 is 3.12 bits per heavy atom. The van der Waals surface area contributed by atoms with E-state index in [4.69, 9.17) is 0 Å². The molecule has 1 aliphatic heterocycles. The van der Waals surface area contributed by atoms with Gasteiger partial charge in [0.2, 0.25) is 0 Å². The van der Waals surface area contributed by atoms with Crippen molar-refractivity contribution in [3.8, 4) is 0 Å². The third-order valence-corrected chi connectivity index (χ3v) is 3.97. The molecule has 0 amide bonds. The van der Waals surface area contributed by atoms with Crippen molar-refractivity contribution in [3.05, 3.63) is 35.4 Å². The maximum absolute atomic E-state index is 4.66. The molecule has 2 rings (SSSR count). The Kier molecular flexibility index (Phi) is 4.49. The van der Waals surface area contributed by atoms with E-state index in [2.05, 4.69) is 48.4 Å². The highest BCUT2D eigenvalue weighted by Gasteiger charge is 2.14. The van der Waals surface area contributed by atoms with Crippen LogP contribution in [0.15, 0.2) is 29.3 Å². The minimum Gasteiger partial charge on any atom is -0.362 e. The molecule has 1 unspecified atom stereocenters. The molecular formula is C14H20N2S. The number of nitrogens with zero attached hydrogens (tertiary/aromatic N) is 1. The summed E-state index contributed by atoms with van der Waals surface area (Å²) in [4.78, 5) is 4.66. The molecule has 0 aliphatic carbocycles. The van der Waals surface area contributed by atoms with Crippen LogP contribution in [-0.2, 0) is 6.54 Å². The molecule has 0 aromatic heterocycles. The normalized spacial score (nSPS) is 22.5. The summed E-state index contributed by atoms with van der Waals surface area (Å²) in [6, 6.07) is 9.18. The molecule has 92 valence electrons. The fourth-order valence-corrected chi connectivity index (χ4v) is 2.96. The summed E-state index contributed by atoms with van der Waals surface area (Å²) in [5, 5.41) is 4.62. The number of thioether (sulfide) groups is 1. The zero-order chi connectivity index (χ0) is 12.1. The van der Waals surface area contributed by atoms with Crippen LogP contribution in [0, 0.1) is 6.92 Å². The SMILES string of the molecule is CCC1CCSC(=NCc2cccc(C)c2)N1. The van der Waals surface area contributed by atoms with Gasteiger partial charge in [-0.25, -0.2) is 0 Å². The predicted molar refractivity (Wildman–Crippen MR) is 76.6 cm³/mol. The number of nitrogens with one attached hydrogen (secondary N) is 1. The average Bonchev–Trinajstić information content (AvgIpc) is 2.37. The van der Waals surface area contributed by atoms with Gasteiger partial charge in [0, 0.05) is 11.8 Å². The van der Waals surface area contributed by atoms with Crippen molar-refractivity contribution in [3.63, 3.8) is 0 Å². The molecule has 1 aliphatic rings. The number of amidine groups is 1. The van der Waals surface area contributed by atoms with E-state index in [1.54, 1.807) is 0 Å². The molecule has 0 spiro atoms. The van der Waals surface area contributed by atoms with Gasteiger partial charge in [-0.15, -0.1) is 0 Å². The first-order valence-electron chi connectivity index (χ1n) is 6.27. The van der Waals surface area contributed by atoms with Crippen molar-refractivity contribution in [2.75, 3.05) is 5.75 Å². The first-order chi connectivity index (χ1) is 8.28. The average molecular weight is 248 g/mol. The van der Waals surface area contributed by atoms with Crippen LogP contribution in [0.3, 0.4) is 0 Å². The third kappa shape index (κ3) is 3.77. The van der Waals surface area contributed by atoms with Gasteiger partial charge in [0.1, 0.15) is 0 Å². The van der Waals surface area contributed by atoms with E-state index in [1.807, 2.05) is 11.8 Å². The van der Waals surface area contributed by atoms with Gasteiger partial charge in [0.15, 0.2) is 5.17 Å². The Morgan fingerprint density at radius 1 is 1.47 bits per heavy atom. The molecule has 2 nitrogen and oxygen atoms in total. The Morgan fingerprint density at radius 2 is 2.35 bits per heavy atom. The molecule has 17 heavy (non-hydrogen) atoms. The van der Waals surface area contributed by atoms with Crippen LogP contribution in [0.5, 0.6) is 0 Å². The van der Waals surface area contributed by atoms with Gasteiger partial charge in [0.05, 0.1) is 6.54 Å². The molecular weight excluding hydrogens is 228 g/mol. The van der Waals surface area contributed by atoms with E-state index in [-0.39, 0.29) is 0 Å². The molecule has 0 saturated carbocycles. The minimum atomic E-state index is 0.618. The van der Waals surface area contributed by atoms with E-state index < -0.39 is 0 Å². The molecule has 3 heteroatoms. The summed E-state index contributed by atoms with van der Waals surface area (Å²) in [7, 11) is 0. The highest BCUT2D eigenvalue weighted by atomic mass is 32.2. The number of aliphatic imine (C=N–C) groups is 1. The first-order valence-corrected chi connectivity index (χ1v) is 7.26. The van der Waals surface area contributed by atoms with Gasteiger partial charge in [-0.1, -0.05) is 48.5 Å². The molecule has 1 saturated heterocycles. The summed E-state index contributed by atoms with van der Waals surface area (Å²) in [6.45, 7) is 5.14. The lowest BCUT2D eigenvalue weighted by molar-refractivity contribution is 0.570. The standard InChI is InChI=1S/C14H20N2S/c1-3-13-7-8-17-14(16-13)15-10-12-6-4-5-11(2)9-12/h4-6,9,13H,3,7-8,10H2,1-2H3,(H,15,16). The van der Waals surface area contributed by atoms with E-state index in [9.17, 15) is 0 Å². The van der Waals surface area contributed by atoms with Gasteiger partial charge in [-0.2, -0.15) is 0 Å². The van der Waals surface area contributed by atoms with E-state index in [0.717, 1.165) is 11.7 Å². The topological polar surface area (TPSA) is 24.4 Å². The predicted octanol–water partition coefficient (Wildman–Crippen LogP) is 3.36. The lowest BCUT2D eigenvalue weighted by Crippen LogP contribution is -2.37. The third-order valence-electron chi connectivity index (χ3n) is 3.01. The highest BCUT2D eigenvalue weighted by molar-refractivity contribution is 8.13. The van der Waals surface area contributed by atoms with Crippen LogP contribution in [0.4, 0.5) is 0 Å². The molecule has 1 atom stereocenters. The van der Waals surface area contributed by atoms with E-state index in [1.165, 1.54) is 29.7 Å². The monoisotopic (exact) mass is 248 g/mol. The smallest absolute Gasteiger partial charge is 0.157 e. The lowest BCUT2D eigenvalue weighted by atomic mass is 10.1. The van der Waals surface area contributed by atoms with Crippen molar-refractivity contribution in [1.29, 1.82) is 0 Å². The zero-order valence-corrected chi connectivity index (χ0v) is 11.4. The highest BCUT2D eigenvalue weighted by Crippen LogP contribution is 2.16. The van der Waals surface area contributed by atoms with Crippen molar-refractivity contribution < 1.29 is 0 Å². The van der Waals surface area contributed by atoms with E-state index >= 15 is 0 Å². The van der Waals surface area contributed by atoms with Crippen LogP contribution >= 0.6 is 11.8 Å². The van der Waals surface area contributed by atoms with Gasteiger partial charge < -0.3 is 5.32 Å². The summed E-state index contributed by atoms with van der Waals surface area (Å²) in [6.07, 6.45) is 2.44. The van der Waals surface area contributed by atoms with Gasteiger partial charge in [-0.3, -0.25) is 4.99 Å². The Balaban J connectivity index is 1.95. The first kappa shape index (κ1) is 12.5. The number of hydrogen-bond acceptors (Lipinski definition) is 2. The summed E-state index contributed by atoms with van der Waals surface area (Å²) in [5.74, 6) is 1.19. The largest absolute Gasteiger partial charge is 0.362 e. The molecule has 0 bridgehead atoms. The molecule has 1 fully saturated rings. The van der Waals surface area contributed by atoms with Crippen LogP contribution < -0.4 is 5.32 Å². The lowest BCUT2D eigenvalue weighted by Gasteiger charge is -2.24. The molecule has 0 radical (unpaired) electrons. The van der Waals surface area contributed by atoms with Crippen molar-refractivity contribution in [1.82, 2.24) is 5.32 Å². The van der Waals surface area contributed by atoms with Gasteiger partial charge in [-0.05, 0) is 25.3 Å². The number of benzene rings is 1. The molecule has 1 aromatic rings. The Hall–Kier alpha value is -0.960. The van der Waals surface area contributed by atoms with E-state index in [0.29, 0.717) is 6.04 Å². The maximum atomic E-state index is 4.66. The summed E-state index contributed by atoms with van der Waals surface area (Å²) in [5.41, 5.74) is 2.59. The van der Waals surface area contributed by atoms with Crippen LogP contribution in [-0.4, -0.2) is 17.0 Å². The second-order valence-electron chi connectivity index (χ2n) is 4.50. The number of hydrogen-bond donors (Lipinski definition) is 1. The second-order valence-corrected chi connectivity index (χ2v) is 5.58. The number of aryl methyl sites for hydroxylation is 1. The van der Waals surface area contributed by atoms with Gasteiger partial charge in [0.25, 0.3) is 0 Å². The Labute approximate surface area is 108 Å². The fraction of sp³-hybridized carbons (Fsp3) is 0.500. The van der Waals surface area contributed by atoms with Crippen LogP contribution in [0.1, 0.15) is 30.9 Å². The Bertz CT molecular complexity index is 401. The minimum absolute atomic E-state index is 0.618. The number of rotatable bonds is 3.